The summed E-state index contributed by atoms with van der Waals surface area (Å²) in [7, 11) is 3.94. The first-order valence-corrected chi connectivity index (χ1v) is 8.86. The van der Waals surface area contributed by atoms with E-state index in [0.29, 0.717) is 13.1 Å². The van der Waals surface area contributed by atoms with E-state index in [0.717, 1.165) is 23.8 Å². The van der Waals surface area contributed by atoms with Gasteiger partial charge in [-0.2, -0.15) is 0 Å². The van der Waals surface area contributed by atoms with E-state index in [1.807, 2.05) is 54.7 Å². The van der Waals surface area contributed by atoms with E-state index in [9.17, 15) is 4.79 Å². The first-order valence-electron chi connectivity index (χ1n) is 7.98. The highest BCUT2D eigenvalue weighted by atomic mass is 127. The monoisotopic (exact) mass is 472 g/mol. The van der Waals surface area contributed by atoms with Gasteiger partial charge >= 0.3 is 0 Å². The van der Waals surface area contributed by atoms with E-state index in [2.05, 4.69) is 27.8 Å². The van der Waals surface area contributed by atoms with Crippen LogP contribution in [0.25, 0.3) is 0 Å². The summed E-state index contributed by atoms with van der Waals surface area (Å²) in [5.74, 6) is 0.846. The summed E-state index contributed by atoms with van der Waals surface area (Å²) in [4.78, 5) is 19.1. The fourth-order valence-electron chi connectivity index (χ4n) is 2.09. The average Bonchev–Trinajstić information content (AvgIpc) is 3.12. The number of rotatable bonds is 7. The lowest BCUT2D eigenvalue weighted by Gasteiger charge is -2.17. The van der Waals surface area contributed by atoms with E-state index < -0.39 is 0 Å². The zero-order valence-electron chi connectivity index (χ0n) is 14.6. The van der Waals surface area contributed by atoms with Gasteiger partial charge < -0.3 is 15.5 Å². The van der Waals surface area contributed by atoms with E-state index in [-0.39, 0.29) is 29.9 Å². The molecule has 0 atom stereocenters. The normalized spacial score (nSPS) is 10.7. The highest BCUT2D eigenvalue weighted by molar-refractivity contribution is 14.0. The SMILES string of the molecule is CN(C)C(=NCc1ccccc1)NCCCNC(=O)c1cccs1.I. The van der Waals surface area contributed by atoms with Crippen molar-refractivity contribution < 1.29 is 4.79 Å². The maximum Gasteiger partial charge on any atom is 0.261 e. The zero-order chi connectivity index (χ0) is 17.2. The fraction of sp³-hybridized carbons (Fsp3) is 0.333. The van der Waals surface area contributed by atoms with Crippen LogP contribution in [0.1, 0.15) is 21.7 Å². The number of hydrogen-bond donors (Lipinski definition) is 2. The van der Waals surface area contributed by atoms with Crippen LogP contribution in [0.5, 0.6) is 0 Å². The average molecular weight is 472 g/mol. The second-order valence-corrected chi connectivity index (χ2v) is 6.48. The summed E-state index contributed by atoms with van der Waals surface area (Å²) < 4.78 is 0. The molecule has 1 aromatic carbocycles. The van der Waals surface area contributed by atoms with Gasteiger partial charge in [0.15, 0.2) is 5.96 Å². The fourth-order valence-corrected chi connectivity index (χ4v) is 2.73. The second kappa shape index (κ2) is 11.9. The molecule has 0 aliphatic carbocycles. The molecular weight excluding hydrogens is 447 g/mol. The minimum Gasteiger partial charge on any atom is -0.356 e. The highest BCUT2D eigenvalue weighted by Gasteiger charge is 2.05. The quantitative estimate of drug-likeness (QED) is 0.282. The minimum absolute atomic E-state index is 0. The summed E-state index contributed by atoms with van der Waals surface area (Å²) in [6.07, 6.45) is 0.843. The molecule has 25 heavy (non-hydrogen) atoms. The Morgan fingerprint density at radius 2 is 1.80 bits per heavy atom. The van der Waals surface area contributed by atoms with Crippen LogP contribution >= 0.6 is 35.3 Å². The number of benzene rings is 1. The molecule has 0 saturated heterocycles. The van der Waals surface area contributed by atoms with E-state index in [1.54, 1.807) is 0 Å². The maximum atomic E-state index is 11.8. The zero-order valence-corrected chi connectivity index (χ0v) is 17.7. The number of nitrogens with one attached hydrogen (secondary N) is 2. The molecule has 0 radical (unpaired) electrons. The first-order chi connectivity index (χ1) is 11.7. The summed E-state index contributed by atoms with van der Waals surface area (Å²) in [5.41, 5.74) is 1.18. The lowest BCUT2D eigenvalue weighted by atomic mass is 10.2. The molecule has 2 aromatic rings. The number of amides is 1. The molecule has 0 spiro atoms. The summed E-state index contributed by atoms with van der Waals surface area (Å²) in [6.45, 7) is 2.05. The van der Waals surface area contributed by atoms with Gasteiger partial charge in [-0.1, -0.05) is 36.4 Å². The number of nitrogens with zero attached hydrogens (tertiary/aromatic N) is 2. The topological polar surface area (TPSA) is 56.7 Å². The van der Waals surface area contributed by atoms with Crippen LogP contribution in [0, 0.1) is 0 Å². The lowest BCUT2D eigenvalue weighted by molar-refractivity contribution is 0.0957. The Kier molecular flexibility index (Phi) is 10.2. The molecule has 1 heterocycles. The molecule has 0 aliphatic rings. The summed E-state index contributed by atoms with van der Waals surface area (Å²) in [5, 5.41) is 8.15. The van der Waals surface area contributed by atoms with Crippen molar-refractivity contribution in [1.29, 1.82) is 0 Å². The molecule has 0 bridgehead atoms. The van der Waals surface area contributed by atoms with Gasteiger partial charge in [0.05, 0.1) is 11.4 Å². The molecular formula is C18H25IN4OS. The molecule has 7 heteroatoms. The number of thiophene rings is 1. The number of aliphatic imine (C=N–C) groups is 1. The van der Waals surface area contributed by atoms with Gasteiger partial charge in [0.25, 0.3) is 5.91 Å². The molecule has 0 fully saturated rings. The molecule has 1 amide bonds. The third kappa shape index (κ3) is 7.87. The van der Waals surface area contributed by atoms with Gasteiger partial charge in [-0.15, -0.1) is 35.3 Å². The van der Waals surface area contributed by atoms with Gasteiger partial charge in [-0.25, -0.2) is 4.99 Å². The Morgan fingerprint density at radius 3 is 2.44 bits per heavy atom. The third-order valence-corrected chi connectivity index (χ3v) is 4.21. The Hall–Kier alpha value is -1.61. The largest absolute Gasteiger partial charge is 0.356 e. The summed E-state index contributed by atoms with van der Waals surface area (Å²) >= 11 is 1.45. The number of hydrogen-bond acceptors (Lipinski definition) is 3. The first kappa shape index (κ1) is 21.4. The second-order valence-electron chi connectivity index (χ2n) is 5.53. The summed E-state index contributed by atoms with van der Waals surface area (Å²) in [6, 6.07) is 13.9. The van der Waals surface area contributed by atoms with Gasteiger partial charge in [-0.3, -0.25) is 4.79 Å². The maximum absolute atomic E-state index is 11.8. The molecule has 136 valence electrons. The molecule has 2 N–H and O–H groups in total. The lowest BCUT2D eigenvalue weighted by Crippen LogP contribution is -2.38. The van der Waals surface area contributed by atoms with Crippen molar-refractivity contribution in [1.82, 2.24) is 15.5 Å². The van der Waals surface area contributed by atoms with E-state index >= 15 is 0 Å². The van der Waals surface area contributed by atoms with Crippen LogP contribution in [0.15, 0.2) is 52.8 Å². The minimum atomic E-state index is -0.00409. The van der Waals surface area contributed by atoms with Crippen LogP contribution in [-0.2, 0) is 6.54 Å². The van der Waals surface area contributed by atoms with Crippen molar-refractivity contribution in [3.05, 3.63) is 58.3 Å². The standard InChI is InChI=1S/C18H24N4OS.HI/c1-22(2)18(21-14-15-8-4-3-5-9-15)20-12-7-11-19-17(23)16-10-6-13-24-16;/h3-6,8-10,13H,7,11-12,14H2,1-2H3,(H,19,23)(H,20,21);1H. The number of halogens is 1. The van der Waals surface area contributed by atoms with Gasteiger partial charge in [0, 0.05) is 27.2 Å². The van der Waals surface area contributed by atoms with Crippen molar-refractivity contribution in [2.75, 3.05) is 27.2 Å². The predicted octanol–water partition coefficient (Wildman–Crippen LogP) is 3.19. The Balaban J connectivity index is 0.00000312. The van der Waals surface area contributed by atoms with Crippen molar-refractivity contribution in [2.24, 2.45) is 4.99 Å². The Labute approximate surface area is 170 Å². The third-order valence-electron chi connectivity index (χ3n) is 3.35. The van der Waals surface area contributed by atoms with Crippen LogP contribution in [0.2, 0.25) is 0 Å². The van der Waals surface area contributed by atoms with Gasteiger partial charge in [0.1, 0.15) is 0 Å². The van der Waals surface area contributed by atoms with Gasteiger partial charge in [0.2, 0.25) is 0 Å². The Morgan fingerprint density at radius 1 is 1.08 bits per heavy atom. The van der Waals surface area contributed by atoms with E-state index in [1.165, 1.54) is 16.9 Å². The van der Waals surface area contributed by atoms with Crippen molar-refractivity contribution in [3.63, 3.8) is 0 Å². The smallest absolute Gasteiger partial charge is 0.261 e. The van der Waals surface area contributed by atoms with Crippen molar-refractivity contribution in [3.8, 4) is 0 Å². The number of guanidine groups is 1. The van der Waals surface area contributed by atoms with Crippen molar-refractivity contribution in [2.45, 2.75) is 13.0 Å². The molecule has 0 saturated carbocycles. The predicted molar refractivity (Wildman–Crippen MR) is 116 cm³/mol. The van der Waals surface area contributed by atoms with Crippen LogP contribution in [0.3, 0.4) is 0 Å². The molecule has 1 aromatic heterocycles. The highest BCUT2D eigenvalue weighted by Crippen LogP contribution is 2.07. The van der Waals surface area contributed by atoms with Crippen LogP contribution in [-0.4, -0.2) is 44.0 Å². The molecule has 2 rings (SSSR count). The number of carbonyl (C=O) groups is 1. The molecule has 0 unspecified atom stereocenters. The van der Waals surface area contributed by atoms with Crippen LogP contribution < -0.4 is 10.6 Å². The molecule has 0 aliphatic heterocycles. The van der Waals surface area contributed by atoms with Crippen LogP contribution in [0.4, 0.5) is 0 Å². The van der Waals surface area contributed by atoms with Gasteiger partial charge in [-0.05, 0) is 23.4 Å². The van der Waals surface area contributed by atoms with E-state index in [4.69, 9.17) is 0 Å². The number of carbonyl (C=O) groups excluding carboxylic acids is 1. The van der Waals surface area contributed by atoms with Crippen molar-refractivity contribution >= 4 is 47.2 Å². The Bertz CT molecular complexity index is 644. The molecule has 5 nitrogen and oxygen atoms in total.